The van der Waals surface area contributed by atoms with Crippen LogP contribution in [0.25, 0.3) is 10.8 Å². The lowest BCUT2D eigenvalue weighted by atomic mass is 10.1. The van der Waals surface area contributed by atoms with Crippen LogP contribution in [0.2, 0.25) is 5.02 Å². The summed E-state index contributed by atoms with van der Waals surface area (Å²) in [6, 6.07) is 3.78. The van der Waals surface area contributed by atoms with Crippen LogP contribution in [0.15, 0.2) is 29.2 Å². The third kappa shape index (κ3) is 1.78. The van der Waals surface area contributed by atoms with Crippen molar-refractivity contribution < 1.29 is 13.2 Å². The van der Waals surface area contributed by atoms with E-state index in [1.807, 2.05) is 0 Å². The van der Waals surface area contributed by atoms with Crippen molar-refractivity contribution in [1.82, 2.24) is 4.98 Å². The molecular formula is C10H5ClF3NO. The van der Waals surface area contributed by atoms with Gasteiger partial charge in [0.05, 0.1) is 5.56 Å². The highest BCUT2D eigenvalue weighted by atomic mass is 35.5. The Morgan fingerprint density at radius 2 is 1.88 bits per heavy atom. The number of pyridine rings is 1. The lowest BCUT2D eigenvalue weighted by molar-refractivity contribution is -0.136. The summed E-state index contributed by atoms with van der Waals surface area (Å²) in [6.07, 6.45) is -3.87. The van der Waals surface area contributed by atoms with Crippen LogP contribution in [0.1, 0.15) is 5.56 Å². The van der Waals surface area contributed by atoms with Gasteiger partial charge in [-0.25, -0.2) is 0 Å². The van der Waals surface area contributed by atoms with Gasteiger partial charge in [-0.05, 0) is 18.2 Å². The van der Waals surface area contributed by atoms with E-state index in [0.29, 0.717) is 6.20 Å². The van der Waals surface area contributed by atoms with E-state index in [0.717, 1.165) is 6.07 Å². The molecule has 1 aromatic heterocycles. The Labute approximate surface area is 92.7 Å². The molecule has 0 fully saturated rings. The Morgan fingerprint density at radius 3 is 2.50 bits per heavy atom. The molecule has 2 nitrogen and oxygen atoms in total. The molecule has 0 saturated carbocycles. The van der Waals surface area contributed by atoms with Crippen molar-refractivity contribution in [1.29, 1.82) is 0 Å². The highest BCUT2D eigenvalue weighted by molar-refractivity contribution is 6.31. The van der Waals surface area contributed by atoms with Crippen LogP contribution >= 0.6 is 11.6 Å². The molecule has 1 heterocycles. The van der Waals surface area contributed by atoms with Gasteiger partial charge in [-0.3, -0.25) is 4.79 Å². The number of rotatable bonds is 0. The first kappa shape index (κ1) is 11.0. The summed E-state index contributed by atoms with van der Waals surface area (Å²) in [6.45, 7) is 0. The van der Waals surface area contributed by atoms with E-state index in [-0.39, 0.29) is 15.8 Å². The van der Waals surface area contributed by atoms with E-state index >= 15 is 0 Å². The molecule has 2 rings (SSSR count). The number of fused-ring (bicyclic) bond motifs is 1. The second kappa shape index (κ2) is 3.52. The van der Waals surface area contributed by atoms with Crippen LogP contribution < -0.4 is 5.56 Å². The summed E-state index contributed by atoms with van der Waals surface area (Å²) >= 11 is 5.61. The fraction of sp³-hybridized carbons (Fsp3) is 0.100. The molecule has 0 aliphatic carbocycles. The molecule has 0 spiro atoms. The first-order valence-electron chi connectivity index (χ1n) is 4.28. The van der Waals surface area contributed by atoms with Crippen molar-refractivity contribution >= 4 is 22.4 Å². The summed E-state index contributed by atoms with van der Waals surface area (Å²) in [5.74, 6) is 0. The number of aromatic amines is 1. The largest absolute Gasteiger partial charge is 0.418 e. The van der Waals surface area contributed by atoms with Gasteiger partial charge in [-0.1, -0.05) is 11.6 Å². The van der Waals surface area contributed by atoms with Crippen LogP contribution in [0.5, 0.6) is 0 Å². The number of hydrogen-bond acceptors (Lipinski definition) is 1. The minimum atomic E-state index is -4.52. The maximum atomic E-state index is 12.6. The Bertz CT molecular complexity index is 603. The van der Waals surface area contributed by atoms with Crippen molar-refractivity contribution in [2.45, 2.75) is 6.18 Å². The molecule has 84 valence electrons. The predicted molar refractivity (Wildman–Crippen MR) is 54.6 cm³/mol. The van der Waals surface area contributed by atoms with Crippen molar-refractivity contribution in [3.05, 3.63) is 45.3 Å². The van der Waals surface area contributed by atoms with Crippen LogP contribution in [0, 0.1) is 0 Å². The van der Waals surface area contributed by atoms with Crippen LogP contribution in [0.3, 0.4) is 0 Å². The molecule has 6 heteroatoms. The highest BCUT2D eigenvalue weighted by Crippen LogP contribution is 2.33. The van der Waals surface area contributed by atoms with Crippen molar-refractivity contribution in [3.8, 4) is 0 Å². The van der Waals surface area contributed by atoms with Gasteiger partial charge in [-0.2, -0.15) is 13.2 Å². The molecular weight excluding hydrogens is 243 g/mol. The normalized spacial score (nSPS) is 12.0. The maximum absolute atomic E-state index is 12.6. The SMILES string of the molecule is O=c1[nH]cc(C(F)(F)F)c2cc(Cl)ccc12. The molecule has 0 unspecified atom stereocenters. The van der Waals surface area contributed by atoms with Crippen molar-refractivity contribution in [2.24, 2.45) is 0 Å². The molecule has 2 aromatic rings. The second-order valence-electron chi connectivity index (χ2n) is 3.22. The van der Waals surface area contributed by atoms with Crippen molar-refractivity contribution in [2.75, 3.05) is 0 Å². The number of nitrogens with one attached hydrogen (secondary N) is 1. The third-order valence-electron chi connectivity index (χ3n) is 2.17. The topological polar surface area (TPSA) is 32.9 Å². The third-order valence-corrected chi connectivity index (χ3v) is 2.40. The number of halogens is 4. The van der Waals surface area contributed by atoms with Crippen molar-refractivity contribution in [3.63, 3.8) is 0 Å². The summed E-state index contributed by atoms with van der Waals surface area (Å²) in [4.78, 5) is 13.4. The summed E-state index contributed by atoms with van der Waals surface area (Å²) < 4.78 is 37.8. The summed E-state index contributed by atoms with van der Waals surface area (Å²) in [7, 11) is 0. The molecule has 0 aliphatic heterocycles. The van der Waals surface area contributed by atoms with E-state index < -0.39 is 17.3 Å². The number of aromatic nitrogens is 1. The number of hydrogen-bond donors (Lipinski definition) is 1. The standard InChI is InChI=1S/C10H5ClF3NO/c11-5-1-2-6-7(3-5)8(10(12,13)14)4-15-9(6)16/h1-4H,(H,15,16). The molecule has 1 N–H and O–H groups in total. The Kier molecular flexibility index (Phi) is 2.42. The van der Waals surface area contributed by atoms with Gasteiger partial charge in [0.25, 0.3) is 5.56 Å². The fourth-order valence-electron chi connectivity index (χ4n) is 1.47. The monoisotopic (exact) mass is 247 g/mol. The zero-order chi connectivity index (χ0) is 11.9. The fourth-order valence-corrected chi connectivity index (χ4v) is 1.64. The van der Waals surface area contributed by atoms with Gasteiger partial charge in [0, 0.05) is 22.0 Å². The zero-order valence-corrected chi connectivity index (χ0v) is 8.49. The van der Waals surface area contributed by atoms with E-state index in [2.05, 4.69) is 4.98 Å². The van der Waals surface area contributed by atoms with E-state index in [4.69, 9.17) is 11.6 Å². The lowest BCUT2D eigenvalue weighted by Gasteiger charge is -2.09. The maximum Gasteiger partial charge on any atom is 0.418 e. The number of H-pyrrole nitrogens is 1. The molecule has 0 atom stereocenters. The van der Waals surface area contributed by atoms with Gasteiger partial charge in [0.1, 0.15) is 0 Å². The first-order valence-corrected chi connectivity index (χ1v) is 4.65. The molecule has 16 heavy (non-hydrogen) atoms. The quantitative estimate of drug-likeness (QED) is 0.762. The van der Waals surface area contributed by atoms with Gasteiger partial charge < -0.3 is 4.98 Å². The molecule has 0 radical (unpaired) electrons. The van der Waals surface area contributed by atoms with E-state index in [1.54, 1.807) is 0 Å². The summed E-state index contributed by atoms with van der Waals surface area (Å²) in [5, 5.41) is -0.0634. The van der Waals surface area contributed by atoms with Crippen LogP contribution in [0.4, 0.5) is 13.2 Å². The first-order chi connectivity index (χ1) is 7.39. The van der Waals surface area contributed by atoms with Gasteiger partial charge >= 0.3 is 6.18 Å². The van der Waals surface area contributed by atoms with E-state index in [9.17, 15) is 18.0 Å². The molecule has 0 bridgehead atoms. The van der Waals surface area contributed by atoms with Crippen LogP contribution in [-0.2, 0) is 6.18 Å². The minimum absolute atomic E-state index is 0.0285. The second-order valence-corrected chi connectivity index (χ2v) is 3.66. The van der Waals surface area contributed by atoms with E-state index in [1.165, 1.54) is 12.1 Å². The minimum Gasteiger partial charge on any atom is -0.328 e. The van der Waals surface area contributed by atoms with Crippen LogP contribution in [-0.4, -0.2) is 4.98 Å². The molecule has 1 aromatic carbocycles. The Morgan fingerprint density at radius 1 is 1.19 bits per heavy atom. The average molecular weight is 248 g/mol. The lowest BCUT2D eigenvalue weighted by Crippen LogP contribution is -2.13. The highest BCUT2D eigenvalue weighted by Gasteiger charge is 2.33. The Hall–Kier alpha value is -1.49. The smallest absolute Gasteiger partial charge is 0.328 e. The number of benzene rings is 1. The molecule has 0 aliphatic rings. The average Bonchev–Trinajstić information content (AvgIpc) is 2.15. The predicted octanol–water partition coefficient (Wildman–Crippen LogP) is 3.20. The Balaban J connectivity index is 2.92. The van der Waals surface area contributed by atoms with Gasteiger partial charge in [0.15, 0.2) is 0 Å². The number of alkyl halides is 3. The van der Waals surface area contributed by atoms with Gasteiger partial charge in [0.2, 0.25) is 0 Å². The van der Waals surface area contributed by atoms with Gasteiger partial charge in [-0.15, -0.1) is 0 Å². The molecule has 0 amide bonds. The zero-order valence-electron chi connectivity index (χ0n) is 7.73. The summed E-state index contributed by atoms with van der Waals surface area (Å²) in [5.41, 5.74) is -1.47. The molecule has 0 saturated heterocycles.